The second kappa shape index (κ2) is 5.34. The molecule has 0 spiro atoms. The summed E-state index contributed by atoms with van der Waals surface area (Å²) in [6.07, 6.45) is 6.51. The molecule has 1 saturated heterocycles. The number of aryl methyl sites for hydroxylation is 1. The van der Waals surface area contributed by atoms with Crippen molar-refractivity contribution in [3.8, 4) is 0 Å². The first-order valence-corrected chi connectivity index (χ1v) is 6.34. The van der Waals surface area contributed by atoms with Gasteiger partial charge in [0, 0.05) is 38.1 Å². The number of likely N-dealkylation sites (N-methyl/N-ethyl adjacent to an activating group) is 1. The predicted molar refractivity (Wildman–Crippen MR) is 66.8 cm³/mol. The van der Waals surface area contributed by atoms with Gasteiger partial charge in [0.15, 0.2) is 0 Å². The van der Waals surface area contributed by atoms with Crippen LogP contribution in [0.1, 0.15) is 26.7 Å². The highest BCUT2D eigenvalue weighted by molar-refractivity contribution is 5.32. The number of nitrogens with one attached hydrogen (secondary N) is 1. The molecule has 16 heavy (non-hydrogen) atoms. The largest absolute Gasteiger partial charge is 0.341 e. The minimum Gasteiger partial charge on any atom is -0.341 e. The minimum absolute atomic E-state index is 0.626. The molecular weight excluding hydrogens is 200 g/mol. The van der Waals surface area contributed by atoms with Crippen LogP contribution in [0.4, 0.5) is 5.95 Å². The van der Waals surface area contributed by atoms with Crippen molar-refractivity contribution < 1.29 is 0 Å². The van der Waals surface area contributed by atoms with Crippen LogP contribution in [-0.4, -0.2) is 35.2 Å². The summed E-state index contributed by atoms with van der Waals surface area (Å²) < 4.78 is 2.22. The van der Waals surface area contributed by atoms with Crippen LogP contribution in [-0.2, 0) is 6.54 Å². The number of anilines is 1. The van der Waals surface area contributed by atoms with Crippen LogP contribution in [0, 0.1) is 0 Å². The maximum atomic E-state index is 4.47. The molecule has 1 aliphatic rings. The van der Waals surface area contributed by atoms with Gasteiger partial charge in [-0.1, -0.05) is 6.92 Å². The van der Waals surface area contributed by atoms with E-state index in [1.165, 1.54) is 12.8 Å². The van der Waals surface area contributed by atoms with Crippen LogP contribution in [0.2, 0.25) is 0 Å². The monoisotopic (exact) mass is 222 g/mol. The van der Waals surface area contributed by atoms with Gasteiger partial charge in [0.1, 0.15) is 0 Å². The van der Waals surface area contributed by atoms with Crippen molar-refractivity contribution in [1.29, 1.82) is 0 Å². The van der Waals surface area contributed by atoms with Crippen molar-refractivity contribution in [2.24, 2.45) is 0 Å². The van der Waals surface area contributed by atoms with Crippen molar-refractivity contribution in [1.82, 2.24) is 14.9 Å². The van der Waals surface area contributed by atoms with Gasteiger partial charge in [-0.15, -0.1) is 0 Å². The lowest BCUT2D eigenvalue weighted by Gasteiger charge is -2.34. The Hall–Kier alpha value is -1.03. The van der Waals surface area contributed by atoms with Crippen LogP contribution in [0.25, 0.3) is 0 Å². The second-order valence-corrected chi connectivity index (χ2v) is 4.36. The number of piperidine rings is 1. The van der Waals surface area contributed by atoms with Crippen molar-refractivity contribution in [3.05, 3.63) is 12.4 Å². The summed E-state index contributed by atoms with van der Waals surface area (Å²) in [4.78, 5) is 6.87. The number of rotatable bonds is 4. The summed E-state index contributed by atoms with van der Waals surface area (Å²) in [7, 11) is 0. The van der Waals surface area contributed by atoms with Gasteiger partial charge in [-0.3, -0.25) is 0 Å². The van der Waals surface area contributed by atoms with E-state index >= 15 is 0 Å². The lowest BCUT2D eigenvalue weighted by Crippen LogP contribution is -2.46. The van der Waals surface area contributed by atoms with Gasteiger partial charge in [-0.05, 0) is 26.3 Å². The number of aromatic nitrogens is 2. The summed E-state index contributed by atoms with van der Waals surface area (Å²) in [5, 5.41) is 3.54. The molecule has 4 heteroatoms. The Balaban J connectivity index is 2.03. The quantitative estimate of drug-likeness (QED) is 0.837. The van der Waals surface area contributed by atoms with E-state index in [2.05, 4.69) is 39.8 Å². The summed E-state index contributed by atoms with van der Waals surface area (Å²) in [5.74, 6) is 1.13. The summed E-state index contributed by atoms with van der Waals surface area (Å²) in [6, 6.07) is 0.626. The van der Waals surface area contributed by atoms with Gasteiger partial charge in [0.2, 0.25) is 5.95 Å². The number of hydrogen-bond donors (Lipinski definition) is 1. The van der Waals surface area contributed by atoms with Crippen LogP contribution >= 0.6 is 0 Å². The molecule has 0 radical (unpaired) electrons. The van der Waals surface area contributed by atoms with Gasteiger partial charge in [0.05, 0.1) is 0 Å². The van der Waals surface area contributed by atoms with Crippen molar-refractivity contribution in [2.75, 3.05) is 24.5 Å². The fourth-order valence-electron chi connectivity index (χ4n) is 2.45. The third-order valence-corrected chi connectivity index (χ3v) is 3.23. The predicted octanol–water partition coefficient (Wildman–Crippen LogP) is 1.48. The van der Waals surface area contributed by atoms with E-state index in [1.54, 1.807) is 0 Å². The molecule has 0 saturated carbocycles. The first-order valence-electron chi connectivity index (χ1n) is 6.34. The molecule has 2 rings (SSSR count). The van der Waals surface area contributed by atoms with Crippen molar-refractivity contribution in [2.45, 2.75) is 39.3 Å². The molecule has 1 aliphatic heterocycles. The van der Waals surface area contributed by atoms with Crippen LogP contribution in [0.3, 0.4) is 0 Å². The minimum atomic E-state index is 0.626. The Morgan fingerprint density at radius 3 is 3.12 bits per heavy atom. The number of imidazole rings is 1. The van der Waals surface area contributed by atoms with Gasteiger partial charge in [-0.25, -0.2) is 4.98 Å². The molecule has 90 valence electrons. The molecule has 4 nitrogen and oxygen atoms in total. The first-order chi connectivity index (χ1) is 7.85. The van der Waals surface area contributed by atoms with Crippen LogP contribution in [0.15, 0.2) is 12.4 Å². The Morgan fingerprint density at radius 2 is 2.38 bits per heavy atom. The topological polar surface area (TPSA) is 33.1 Å². The Morgan fingerprint density at radius 1 is 1.50 bits per heavy atom. The van der Waals surface area contributed by atoms with Crippen LogP contribution in [0.5, 0.6) is 0 Å². The zero-order chi connectivity index (χ0) is 11.4. The molecule has 0 bridgehead atoms. The van der Waals surface area contributed by atoms with E-state index in [9.17, 15) is 0 Å². The Kier molecular flexibility index (Phi) is 3.83. The zero-order valence-corrected chi connectivity index (χ0v) is 10.3. The molecule has 1 fully saturated rings. The molecule has 1 aromatic rings. The molecule has 1 atom stereocenters. The summed E-state index contributed by atoms with van der Waals surface area (Å²) >= 11 is 0. The maximum Gasteiger partial charge on any atom is 0.205 e. The normalized spacial score (nSPS) is 21.4. The standard InChI is InChI=1S/C12H22N4/c1-3-13-11-6-5-8-16(10-11)12-14-7-9-15(12)4-2/h7,9,11,13H,3-6,8,10H2,1-2H3. The smallest absolute Gasteiger partial charge is 0.205 e. The van der Waals surface area contributed by atoms with Crippen molar-refractivity contribution in [3.63, 3.8) is 0 Å². The molecule has 0 amide bonds. The highest BCUT2D eigenvalue weighted by Gasteiger charge is 2.21. The van der Waals surface area contributed by atoms with Gasteiger partial charge in [-0.2, -0.15) is 0 Å². The first kappa shape index (κ1) is 11.5. The molecule has 1 unspecified atom stereocenters. The fourth-order valence-corrected chi connectivity index (χ4v) is 2.45. The van der Waals surface area contributed by atoms with Gasteiger partial charge >= 0.3 is 0 Å². The third kappa shape index (κ3) is 2.38. The molecule has 0 aromatic carbocycles. The van der Waals surface area contributed by atoms with E-state index < -0.39 is 0 Å². The molecule has 2 heterocycles. The summed E-state index contributed by atoms with van der Waals surface area (Å²) in [6.45, 7) is 8.62. The number of hydrogen-bond acceptors (Lipinski definition) is 3. The van der Waals surface area contributed by atoms with E-state index in [0.717, 1.165) is 32.1 Å². The summed E-state index contributed by atoms with van der Waals surface area (Å²) in [5.41, 5.74) is 0. The van der Waals surface area contributed by atoms with Crippen molar-refractivity contribution >= 4 is 5.95 Å². The molecule has 0 aliphatic carbocycles. The van der Waals surface area contributed by atoms with E-state index in [1.807, 2.05) is 6.20 Å². The Labute approximate surface area is 97.7 Å². The highest BCUT2D eigenvalue weighted by atomic mass is 15.3. The lowest BCUT2D eigenvalue weighted by molar-refractivity contribution is 0.425. The zero-order valence-electron chi connectivity index (χ0n) is 10.3. The SMILES string of the molecule is CCNC1CCCN(c2nccn2CC)C1. The Bertz CT molecular complexity index is 319. The van der Waals surface area contributed by atoms with E-state index in [-0.39, 0.29) is 0 Å². The van der Waals surface area contributed by atoms with Gasteiger partial charge in [0.25, 0.3) is 0 Å². The fraction of sp³-hybridized carbons (Fsp3) is 0.750. The second-order valence-electron chi connectivity index (χ2n) is 4.36. The van der Waals surface area contributed by atoms with Gasteiger partial charge < -0.3 is 14.8 Å². The number of nitrogens with zero attached hydrogens (tertiary/aromatic N) is 3. The molecule has 1 aromatic heterocycles. The van der Waals surface area contributed by atoms with E-state index in [4.69, 9.17) is 0 Å². The molecular formula is C12H22N4. The molecule has 1 N–H and O–H groups in total. The van der Waals surface area contributed by atoms with E-state index in [0.29, 0.717) is 6.04 Å². The third-order valence-electron chi connectivity index (χ3n) is 3.23. The average molecular weight is 222 g/mol. The highest BCUT2D eigenvalue weighted by Crippen LogP contribution is 2.18. The maximum absolute atomic E-state index is 4.47. The lowest BCUT2D eigenvalue weighted by atomic mass is 10.1. The van der Waals surface area contributed by atoms with Crippen LogP contribution < -0.4 is 10.2 Å². The average Bonchev–Trinajstić information content (AvgIpc) is 2.78.